The van der Waals surface area contributed by atoms with Crippen molar-refractivity contribution in [3.05, 3.63) is 35.7 Å². The quantitative estimate of drug-likeness (QED) is 0.722. The van der Waals surface area contributed by atoms with Crippen LogP contribution in [0.5, 0.6) is 0 Å². The molecular formula is C13H13N3. The predicted octanol–water partition coefficient (Wildman–Crippen LogP) is 1.80. The van der Waals surface area contributed by atoms with Crippen LogP contribution in [0.2, 0.25) is 0 Å². The summed E-state index contributed by atoms with van der Waals surface area (Å²) in [6.45, 7) is 2.24. The normalized spacial score (nSPS) is 27.0. The molecular weight excluding hydrogens is 198 g/mol. The SMILES string of the molecule is c1cnc2cc3c(cc2n1)C1CNC[C@@H]3C1. The third-order valence-corrected chi connectivity index (χ3v) is 3.90. The van der Waals surface area contributed by atoms with Gasteiger partial charge in [-0.2, -0.15) is 0 Å². The summed E-state index contributed by atoms with van der Waals surface area (Å²) in [5.41, 5.74) is 5.08. The fraction of sp³-hybridized carbons (Fsp3) is 0.385. The Morgan fingerprint density at radius 1 is 0.938 bits per heavy atom. The molecule has 1 aromatic carbocycles. The molecule has 1 fully saturated rings. The number of aromatic nitrogens is 2. The third-order valence-electron chi connectivity index (χ3n) is 3.90. The van der Waals surface area contributed by atoms with Gasteiger partial charge in [0.05, 0.1) is 11.0 Å². The highest BCUT2D eigenvalue weighted by Crippen LogP contribution is 2.44. The minimum absolute atomic E-state index is 0.695. The smallest absolute Gasteiger partial charge is 0.0889 e. The number of piperidine rings is 1. The molecule has 1 unspecified atom stereocenters. The van der Waals surface area contributed by atoms with Crippen molar-refractivity contribution in [3.8, 4) is 0 Å². The van der Waals surface area contributed by atoms with E-state index in [-0.39, 0.29) is 0 Å². The Balaban J connectivity index is 2.01. The molecule has 80 valence electrons. The van der Waals surface area contributed by atoms with Crippen LogP contribution in [0.3, 0.4) is 0 Å². The van der Waals surface area contributed by atoms with E-state index in [9.17, 15) is 0 Å². The highest BCUT2D eigenvalue weighted by atomic mass is 14.9. The maximum absolute atomic E-state index is 4.39. The summed E-state index contributed by atoms with van der Waals surface area (Å²) in [5.74, 6) is 1.39. The molecule has 4 rings (SSSR count). The van der Waals surface area contributed by atoms with Crippen LogP contribution >= 0.6 is 0 Å². The summed E-state index contributed by atoms with van der Waals surface area (Å²) >= 11 is 0. The average Bonchev–Trinajstić information content (AvgIpc) is 2.59. The van der Waals surface area contributed by atoms with Crippen molar-refractivity contribution in [3.63, 3.8) is 0 Å². The number of fused-ring (bicyclic) bond motifs is 6. The lowest BCUT2D eigenvalue weighted by Crippen LogP contribution is -2.28. The minimum atomic E-state index is 0.695. The number of hydrogen-bond acceptors (Lipinski definition) is 3. The first-order chi connectivity index (χ1) is 7.92. The molecule has 0 amide bonds. The second kappa shape index (κ2) is 3.01. The Hall–Kier alpha value is -1.48. The van der Waals surface area contributed by atoms with Crippen LogP contribution in [-0.2, 0) is 0 Å². The maximum atomic E-state index is 4.39. The molecule has 1 N–H and O–H groups in total. The van der Waals surface area contributed by atoms with Crippen molar-refractivity contribution in [2.45, 2.75) is 18.3 Å². The summed E-state index contributed by atoms with van der Waals surface area (Å²) in [5, 5.41) is 3.51. The van der Waals surface area contributed by atoms with E-state index in [1.54, 1.807) is 12.4 Å². The van der Waals surface area contributed by atoms with Gasteiger partial charge in [0.15, 0.2) is 0 Å². The van der Waals surface area contributed by atoms with Gasteiger partial charge in [0, 0.05) is 25.5 Å². The molecule has 2 heterocycles. The monoisotopic (exact) mass is 211 g/mol. The van der Waals surface area contributed by atoms with E-state index >= 15 is 0 Å². The van der Waals surface area contributed by atoms with Gasteiger partial charge in [-0.1, -0.05) is 0 Å². The summed E-state index contributed by atoms with van der Waals surface area (Å²) in [6, 6.07) is 4.49. The first-order valence-electron chi connectivity index (χ1n) is 5.87. The zero-order valence-corrected chi connectivity index (χ0v) is 8.98. The van der Waals surface area contributed by atoms with E-state index < -0.39 is 0 Å². The minimum Gasteiger partial charge on any atom is -0.316 e. The van der Waals surface area contributed by atoms with Crippen molar-refractivity contribution in [1.29, 1.82) is 0 Å². The van der Waals surface area contributed by atoms with E-state index in [1.165, 1.54) is 17.5 Å². The maximum Gasteiger partial charge on any atom is 0.0889 e. The van der Waals surface area contributed by atoms with Crippen LogP contribution in [-0.4, -0.2) is 23.1 Å². The van der Waals surface area contributed by atoms with Gasteiger partial charge in [0.2, 0.25) is 0 Å². The first-order valence-corrected chi connectivity index (χ1v) is 5.87. The molecule has 0 saturated carbocycles. The average molecular weight is 211 g/mol. The summed E-state index contributed by atoms with van der Waals surface area (Å²) in [6.07, 6.45) is 4.85. The van der Waals surface area contributed by atoms with Crippen molar-refractivity contribution in [1.82, 2.24) is 15.3 Å². The molecule has 16 heavy (non-hydrogen) atoms. The Bertz CT molecular complexity index is 516. The lowest BCUT2D eigenvalue weighted by atomic mass is 9.98. The van der Waals surface area contributed by atoms with Crippen LogP contribution < -0.4 is 5.32 Å². The number of nitrogens with one attached hydrogen (secondary N) is 1. The Kier molecular flexibility index (Phi) is 1.63. The molecule has 1 aromatic heterocycles. The lowest BCUT2D eigenvalue weighted by molar-refractivity contribution is 0.454. The standard InChI is InChI=1S/C13H13N3/c1-2-16-13-5-11-9-3-8(6-14-7-9)10(11)4-12(13)15-1/h1-2,4-5,8-9,14H,3,6-7H2/t8-,9?/m0/s1. The van der Waals surface area contributed by atoms with Crippen molar-refractivity contribution in [2.24, 2.45) is 0 Å². The highest BCUT2D eigenvalue weighted by molar-refractivity contribution is 5.77. The number of benzene rings is 1. The molecule has 3 nitrogen and oxygen atoms in total. The zero-order valence-electron chi connectivity index (χ0n) is 8.98. The molecule has 2 aromatic rings. The van der Waals surface area contributed by atoms with Gasteiger partial charge in [-0.25, -0.2) is 0 Å². The number of rotatable bonds is 0. The van der Waals surface area contributed by atoms with E-state index in [0.29, 0.717) is 11.8 Å². The second-order valence-corrected chi connectivity index (χ2v) is 4.81. The van der Waals surface area contributed by atoms with E-state index in [4.69, 9.17) is 0 Å². The Morgan fingerprint density at radius 2 is 1.50 bits per heavy atom. The fourth-order valence-electron chi connectivity index (χ4n) is 3.17. The van der Waals surface area contributed by atoms with Gasteiger partial charge in [0.1, 0.15) is 0 Å². The highest BCUT2D eigenvalue weighted by Gasteiger charge is 2.34. The third kappa shape index (κ3) is 1.06. The van der Waals surface area contributed by atoms with Gasteiger partial charge >= 0.3 is 0 Å². The second-order valence-electron chi connectivity index (χ2n) is 4.81. The van der Waals surface area contributed by atoms with Crippen LogP contribution in [0.4, 0.5) is 0 Å². The topological polar surface area (TPSA) is 37.8 Å². The van der Waals surface area contributed by atoms with Crippen LogP contribution in [0.1, 0.15) is 29.4 Å². The largest absolute Gasteiger partial charge is 0.316 e. The predicted molar refractivity (Wildman–Crippen MR) is 62.5 cm³/mol. The summed E-state index contributed by atoms with van der Waals surface area (Å²) < 4.78 is 0. The molecule has 0 radical (unpaired) electrons. The van der Waals surface area contributed by atoms with E-state index in [1.807, 2.05) is 0 Å². The number of hydrogen-bond donors (Lipinski definition) is 1. The molecule has 0 spiro atoms. The molecule has 2 aliphatic rings. The summed E-state index contributed by atoms with van der Waals surface area (Å²) in [4.78, 5) is 8.78. The van der Waals surface area contributed by atoms with Gasteiger partial charge in [-0.15, -0.1) is 0 Å². The molecule has 1 aliphatic carbocycles. The van der Waals surface area contributed by atoms with Crippen molar-refractivity contribution >= 4 is 11.0 Å². The van der Waals surface area contributed by atoms with Crippen molar-refractivity contribution < 1.29 is 0 Å². The Morgan fingerprint density at radius 3 is 2.06 bits per heavy atom. The van der Waals surface area contributed by atoms with Gasteiger partial charge < -0.3 is 5.32 Å². The number of nitrogens with zero attached hydrogens (tertiary/aromatic N) is 2. The molecule has 1 aliphatic heterocycles. The van der Waals surface area contributed by atoms with Gasteiger partial charge in [-0.3, -0.25) is 9.97 Å². The molecule has 3 heteroatoms. The lowest BCUT2D eigenvalue weighted by Gasteiger charge is -2.19. The van der Waals surface area contributed by atoms with Crippen LogP contribution in [0.15, 0.2) is 24.5 Å². The fourth-order valence-corrected chi connectivity index (χ4v) is 3.17. The molecule has 1 saturated heterocycles. The zero-order chi connectivity index (χ0) is 10.5. The van der Waals surface area contributed by atoms with Crippen LogP contribution in [0.25, 0.3) is 11.0 Å². The summed E-state index contributed by atoms with van der Waals surface area (Å²) in [7, 11) is 0. The van der Waals surface area contributed by atoms with Crippen LogP contribution in [0, 0.1) is 0 Å². The molecule has 2 bridgehead atoms. The first kappa shape index (κ1) is 8.65. The Labute approximate surface area is 93.9 Å². The van der Waals surface area contributed by atoms with Gasteiger partial charge in [-0.05, 0) is 41.5 Å². The van der Waals surface area contributed by atoms with E-state index in [0.717, 1.165) is 24.1 Å². The molecule has 2 atom stereocenters. The van der Waals surface area contributed by atoms with E-state index in [2.05, 4.69) is 27.4 Å². The van der Waals surface area contributed by atoms with Gasteiger partial charge in [0.25, 0.3) is 0 Å². The van der Waals surface area contributed by atoms with Crippen molar-refractivity contribution in [2.75, 3.05) is 13.1 Å².